The van der Waals surface area contributed by atoms with Gasteiger partial charge in [0.1, 0.15) is 39.6 Å². The fraction of sp³-hybridized carbons (Fsp3) is 0.791. The Labute approximate surface area is 324 Å². The van der Waals surface area contributed by atoms with Crippen LogP contribution in [0.3, 0.4) is 0 Å². The number of rotatable bonds is 7. The molecule has 2 aliphatic heterocycles. The maximum atomic E-state index is 5.67. The Morgan fingerprint density at radius 2 is 0.840 bits per heavy atom. The van der Waals surface area contributed by atoms with Gasteiger partial charge in [-0.2, -0.15) is 0 Å². The third-order valence-electron chi connectivity index (χ3n) is 13.3. The van der Waals surface area contributed by atoms with Crippen molar-refractivity contribution in [3.05, 3.63) is 35.9 Å². The van der Waals surface area contributed by atoms with E-state index in [1.807, 2.05) is 34.9 Å². The second-order valence-electron chi connectivity index (χ2n) is 16.8. The zero-order valence-corrected chi connectivity index (χ0v) is 37.2. The van der Waals surface area contributed by atoms with Crippen molar-refractivity contribution in [1.29, 1.82) is 0 Å². The van der Waals surface area contributed by atoms with Crippen molar-refractivity contribution < 1.29 is 22.7 Å². The third kappa shape index (κ3) is 14.0. The van der Waals surface area contributed by atoms with E-state index in [-0.39, 0.29) is 15.8 Å². The first-order valence-corrected chi connectivity index (χ1v) is 30.1. The molecule has 4 aliphatic carbocycles. The van der Waals surface area contributed by atoms with Crippen LogP contribution in [0.5, 0.6) is 0 Å². The van der Waals surface area contributed by atoms with Crippen molar-refractivity contribution in [3.63, 3.8) is 0 Å². The van der Waals surface area contributed by atoms with E-state index in [4.69, 9.17) is 19.4 Å². The van der Waals surface area contributed by atoms with Gasteiger partial charge in [-0.15, -0.1) is 0 Å². The number of halogens is 2. The Bertz CT molecular complexity index is 1080. The molecule has 4 fully saturated rings. The summed E-state index contributed by atoms with van der Waals surface area (Å²) in [5, 5.41) is 0. The first kappa shape index (κ1) is 41.7. The summed E-state index contributed by atoms with van der Waals surface area (Å²) in [4.78, 5) is 0. The monoisotopic (exact) mass is 852 g/mol. The van der Waals surface area contributed by atoms with E-state index in [0.717, 1.165) is 16.9 Å². The van der Waals surface area contributed by atoms with Crippen LogP contribution in [0.1, 0.15) is 160 Å². The van der Waals surface area contributed by atoms with Crippen LogP contribution in [-0.2, 0) is 13.5 Å². The molecule has 2 heterocycles. The molecule has 4 saturated carbocycles. The molecule has 1 aromatic rings. The van der Waals surface area contributed by atoms with Crippen molar-refractivity contribution in [2.75, 3.05) is 27.2 Å². The van der Waals surface area contributed by atoms with E-state index in [0.29, 0.717) is 0 Å². The van der Waals surface area contributed by atoms with Gasteiger partial charge >= 0.3 is 73.4 Å². The molecule has 0 radical (unpaired) electrons. The first-order valence-electron chi connectivity index (χ1n) is 21.2. The molecule has 0 saturated heterocycles. The Morgan fingerprint density at radius 1 is 0.500 bits per heavy atom. The topological polar surface area (TPSA) is 6.02 Å². The third-order valence-corrected chi connectivity index (χ3v) is 24.2. The molecular weight excluding hydrogens is 778 g/mol. The van der Waals surface area contributed by atoms with Gasteiger partial charge in [-0.1, -0.05) is 25.7 Å². The van der Waals surface area contributed by atoms with Gasteiger partial charge in [0.05, 0.1) is 46.8 Å². The van der Waals surface area contributed by atoms with E-state index >= 15 is 0 Å². The van der Waals surface area contributed by atoms with Gasteiger partial charge in [0, 0.05) is 28.7 Å². The molecule has 0 aromatic heterocycles. The SMILES string of the molecule is C[N+]1=CCC([PH+](C2CCCCC2)C2CCCCC2)CC1.C[N+]1=CCC([PH+](C2CCCCC2)C2CCCCC2)CC1.[Cl][Ru]([Cl])=[CH]c1ccccc1. The predicted octanol–water partition coefficient (Wildman–Crippen LogP) is 12.2. The fourth-order valence-corrected chi connectivity index (χ4v) is 22.5. The average Bonchev–Trinajstić information content (AvgIpc) is 3.16. The molecule has 7 rings (SSSR count). The Hall–Kier alpha value is 0.493. The summed E-state index contributed by atoms with van der Waals surface area (Å²) in [6, 6.07) is 9.89. The Kier molecular flexibility index (Phi) is 19.5. The molecule has 6 aliphatic rings. The van der Waals surface area contributed by atoms with Gasteiger partial charge in [0.15, 0.2) is 0 Å². The van der Waals surface area contributed by atoms with Crippen molar-refractivity contribution >= 4 is 52.3 Å². The van der Waals surface area contributed by atoms with Crippen molar-refractivity contribution in [2.45, 2.75) is 188 Å². The number of hydrogen-bond acceptors (Lipinski definition) is 0. The van der Waals surface area contributed by atoms with Crippen LogP contribution in [0.2, 0.25) is 0 Å². The summed E-state index contributed by atoms with van der Waals surface area (Å²) < 4.78 is 6.81. The predicted molar refractivity (Wildman–Crippen MR) is 228 cm³/mol. The summed E-state index contributed by atoms with van der Waals surface area (Å²) in [7, 11) is 15.6. The minimum absolute atomic E-state index is 0.128. The molecule has 0 amide bonds. The number of benzene rings is 1. The molecule has 1 aromatic carbocycles. The van der Waals surface area contributed by atoms with Gasteiger partial charge in [-0.3, -0.25) is 0 Å². The van der Waals surface area contributed by atoms with E-state index < -0.39 is 13.5 Å². The van der Waals surface area contributed by atoms with Gasteiger partial charge in [-0.05, 0) is 103 Å². The standard InChI is InChI=1S/2C18H33NP.C7H6.2ClH.Ru/c2*1-19-14-12-18(13-15-19)20(16-8-4-2-5-9-16)17-10-6-3-7-11-17;1-7-5-3-2-4-6-7;;;/h2*14,16-18H,2-13,15H2,1H3;1-6H;2*1H;/q2*+1;;;;+2. The summed E-state index contributed by atoms with van der Waals surface area (Å²) in [6.07, 6.45) is 42.1. The second kappa shape index (κ2) is 23.4. The summed E-state index contributed by atoms with van der Waals surface area (Å²) in [5.41, 5.74) is 8.06. The van der Waals surface area contributed by atoms with Crippen LogP contribution >= 0.6 is 35.2 Å². The Balaban J connectivity index is 0.000000154. The van der Waals surface area contributed by atoms with Gasteiger partial charge in [-0.25, -0.2) is 9.15 Å². The van der Waals surface area contributed by atoms with Crippen molar-refractivity contribution in [2.24, 2.45) is 0 Å². The molecule has 0 bridgehead atoms. The van der Waals surface area contributed by atoms with Gasteiger partial charge in [0.2, 0.25) is 0 Å². The molecule has 7 heteroatoms. The zero-order valence-electron chi connectivity index (χ0n) is 32.0. The van der Waals surface area contributed by atoms with Crippen LogP contribution in [0, 0.1) is 0 Å². The normalized spacial score (nSPS) is 26.6. The summed E-state index contributed by atoms with van der Waals surface area (Å²) in [5.74, 6) is 0. The van der Waals surface area contributed by atoms with E-state index in [1.165, 1.54) is 87.1 Å². The maximum absolute atomic E-state index is 5.67. The second-order valence-corrected chi connectivity index (χ2v) is 29.5. The molecule has 0 spiro atoms. The minimum atomic E-state index is -1.61. The molecular formula is C43H74Cl2N2P2Ru+4. The fourth-order valence-electron chi connectivity index (χ4n) is 10.7. The van der Waals surface area contributed by atoms with Gasteiger partial charge in [0.25, 0.3) is 0 Å². The first-order chi connectivity index (χ1) is 24.5. The molecule has 50 heavy (non-hydrogen) atoms. The summed E-state index contributed by atoms with van der Waals surface area (Å²) in [6.45, 7) is 2.66. The molecule has 2 atom stereocenters. The quantitative estimate of drug-likeness (QED) is 0.146. The average molecular weight is 853 g/mol. The van der Waals surface area contributed by atoms with Crippen LogP contribution in [0.4, 0.5) is 0 Å². The van der Waals surface area contributed by atoms with E-state index in [1.54, 1.807) is 103 Å². The van der Waals surface area contributed by atoms with E-state index in [9.17, 15) is 0 Å². The van der Waals surface area contributed by atoms with Crippen molar-refractivity contribution in [1.82, 2.24) is 0 Å². The molecule has 2 unspecified atom stereocenters. The van der Waals surface area contributed by atoms with Crippen LogP contribution in [-0.4, -0.2) is 87.3 Å². The molecule has 2 nitrogen and oxygen atoms in total. The van der Waals surface area contributed by atoms with Crippen LogP contribution in [0.15, 0.2) is 30.3 Å². The van der Waals surface area contributed by atoms with Crippen LogP contribution < -0.4 is 0 Å². The molecule has 0 N–H and O–H groups in total. The number of nitrogens with zero attached hydrogens (tertiary/aromatic N) is 2. The van der Waals surface area contributed by atoms with E-state index in [2.05, 4.69) is 35.7 Å². The zero-order chi connectivity index (χ0) is 35.0. The summed E-state index contributed by atoms with van der Waals surface area (Å²) >= 11 is -1.61. The number of hydrogen-bond donors (Lipinski definition) is 0. The van der Waals surface area contributed by atoms with Crippen molar-refractivity contribution in [3.8, 4) is 0 Å². The molecule has 284 valence electrons. The van der Waals surface area contributed by atoms with Gasteiger partial charge < -0.3 is 0 Å². The van der Waals surface area contributed by atoms with Crippen LogP contribution in [0.25, 0.3) is 0 Å². The Morgan fingerprint density at radius 3 is 1.12 bits per heavy atom.